The number of carbonyl (C=O) groups is 1. The van der Waals surface area contributed by atoms with E-state index in [1.807, 2.05) is 31.4 Å². The van der Waals surface area contributed by atoms with Crippen molar-refractivity contribution in [2.75, 3.05) is 12.4 Å². The summed E-state index contributed by atoms with van der Waals surface area (Å²) in [7, 11) is 1.88. The predicted molar refractivity (Wildman–Crippen MR) is 121 cm³/mol. The second kappa shape index (κ2) is 8.86. The van der Waals surface area contributed by atoms with Gasteiger partial charge in [-0.3, -0.25) is 4.79 Å². The lowest BCUT2D eigenvalue weighted by Crippen LogP contribution is -2.35. The lowest BCUT2D eigenvalue weighted by Gasteiger charge is -2.22. The Hall–Kier alpha value is -2.89. The number of nitrogens with zero attached hydrogens (tertiary/aromatic N) is 2. The number of H-pyrrole nitrogens is 1. The first-order valence-corrected chi connectivity index (χ1v) is 11.0. The van der Waals surface area contributed by atoms with Gasteiger partial charge in [-0.25, -0.2) is 9.97 Å². The summed E-state index contributed by atoms with van der Waals surface area (Å²) in [6.45, 7) is 4.13. The lowest BCUT2D eigenvalue weighted by molar-refractivity contribution is -0.126. The molecule has 1 amide bonds. The largest absolute Gasteiger partial charge is 0.373 e. The lowest BCUT2D eigenvalue weighted by atomic mass is 9.98. The maximum atomic E-state index is 13.0. The second-order valence-corrected chi connectivity index (χ2v) is 8.20. The zero-order valence-corrected chi connectivity index (χ0v) is 18.0. The highest BCUT2D eigenvalue weighted by Gasteiger charge is 2.29. The van der Waals surface area contributed by atoms with Gasteiger partial charge < -0.3 is 15.6 Å². The number of amides is 1. The topological polar surface area (TPSA) is 82.7 Å². The molecule has 1 fully saturated rings. The van der Waals surface area contributed by atoms with Crippen LogP contribution < -0.4 is 10.6 Å². The Morgan fingerprint density at radius 1 is 1.20 bits per heavy atom. The third-order valence-electron chi connectivity index (χ3n) is 6.09. The van der Waals surface area contributed by atoms with Gasteiger partial charge in [-0.15, -0.1) is 0 Å². The molecule has 30 heavy (non-hydrogen) atoms. The SMILES string of the molecule is CCC(CC)C(=O)NC(Cc1c[nH]c2ccccc12)c1cc(NC)nc(C2CC2)n1. The van der Waals surface area contributed by atoms with E-state index < -0.39 is 0 Å². The van der Waals surface area contributed by atoms with Crippen LogP contribution in [0.5, 0.6) is 0 Å². The Bertz CT molecular complexity index is 1020. The van der Waals surface area contributed by atoms with E-state index in [0.717, 1.165) is 48.5 Å². The molecule has 6 nitrogen and oxygen atoms in total. The van der Waals surface area contributed by atoms with E-state index in [2.05, 4.69) is 46.6 Å². The van der Waals surface area contributed by atoms with Crippen molar-refractivity contribution in [3.8, 4) is 0 Å². The molecule has 1 saturated carbocycles. The van der Waals surface area contributed by atoms with Crippen LogP contribution in [-0.4, -0.2) is 27.9 Å². The molecule has 0 bridgehead atoms. The van der Waals surface area contributed by atoms with Crippen LogP contribution in [0.1, 0.15) is 68.6 Å². The van der Waals surface area contributed by atoms with Gasteiger partial charge in [0.05, 0.1) is 11.7 Å². The molecular weight excluding hydrogens is 374 g/mol. The Labute approximate surface area is 177 Å². The third-order valence-corrected chi connectivity index (χ3v) is 6.09. The van der Waals surface area contributed by atoms with Crippen molar-refractivity contribution >= 4 is 22.6 Å². The van der Waals surface area contributed by atoms with E-state index in [4.69, 9.17) is 4.98 Å². The molecule has 0 aliphatic heterocycles. The fourth-order valence-electron chi connectivity index (χ4n) is 4.01. The standard InChI is InChI=1S/C24H31N5O/c1-4-15(5-2)24(30)28-20(12-17-14-26-19-9-7-6-8-18(17)19)21-13-22(25-3)29-23(27-21)16-10-11-16/h6-9,13-16,20,26H,4-5,10-12H2,1-3H3,(H,28,30)(H,25,27,29). The molecule has 0 radical (unpaired) electrons. The first-order chi connectivity index (χ1) is 14.6. The van der Waals surface area contributed by atoms with Gasteiger partial charge in [-0.1, -0.05) is 32.0 Å². The van der Waals surface area contributed by atoms with E-state index >= 15 is 0 Å². The molecule has 0 spiro atoms. The monoisotopic (exact) mass is 405 g/mol. The summed E-state index contributed by atoms with van der Waals surface area (Å²) in [5.74, 6) is 2.26. The highest BCUT2D eigenvalue weighted by atomic mass is 16.1. The molecule has 4 rings (SSSR count). The number of nitrogens with one attached hydrogen (secondary N) is 3. The molecule has 3 aromatic rings. The van der Waals surface area contributed by atoms with Crippen molar-refractivity contribution in [1.82, 2.24) is 20.3 Å². The fraction of sp³-hybridized carbons (Fsp3) is 0.458. The minimum Gasteiger partial charge on any atom is -0.373 e. The number of benzene rings is 1. The first-order valence-electron chi connectivity index (χ1n) is 11.0. The normalized spacial score (nSPS) is 14.8. The summed E-state index contributed by atoms with van der Waals surface area (Å²) in [6, 6.07) is 10.0. The van der Waals surface area contributed by atoms with Crippen molar-refractivity contribution in [1.29, 1.82) is 0 Å². The summed E-state index contributed by atoms with van der Waals surface area (Å²) < 4.78 is 0. The molecule has 3 N–H and O–H groups in total. The van der Waals surface area contributed by atoms with Crippen LogP contribution in [0.15, 0.2) is 36.5 Å². The molecule has 2 aromatic heterocycles. The Balaban J connectivity index is 1.70. The molecular formula is C24H31N5O. The zero-order valence-electron chi connectivity index (χ0n) is 18.0. The molecule has 1 atom stereocenters. The van der Waals surface area contributed by atoms with E-state index in [0.29, 0.717) is 12.3 Å². The molecule has 1 aliphatic rings. The number of anilines is 1. The molecule has 1 aromatic carbocycles. The van der Waals surface area contributed by atoms with E-state index in [1.54, 1.807) is 0 Å². The maximum Gasteiger partial charge on any atom is 0.223 e. The van der Waals surface area contributed by atoms with E-state index in [-0.39, 0.29) is 17.9 Å². The number of fused-ring (bicyclic) bond motifs is 1. The van der Waals surface area contributed by atoms with Gasteiger partial charge in [0.15, 0.2) is 0 Å². The van der Waals surface area contributed by atoms with Crippen LogP contribution in [0.4, 0.5) is 5.82 Å². The van der Waals surface area contributed by atoms with Crippen molar-refractivity contribution in [3.05, 3.63) is 53.6 Å². The number of aromatic amines is 1. The maximum absolute atomic E-state index is 13.0. The number of carbonyl (C=O) groups excluding carboxylic acids is 1. The molecule has 158 valence electrons. The van der Waals surface area contributed by atoms with Crippen molar-refractivity contribution in [3.63, 3.8) is 0 Å². The quantitative estimate of drug-likeness (QED) is 0.481. The van der Waals surface area contributed by atoms with Crippen LogP contribution >= 0.6 is 0 Å². The summed E-state index contributed by atoms with van der Waals surface area (Å²) in [5, 5.41) is 7.65. The van der Waals surface area contributed by atoms with Crippen LogP contribution in [0, 0.1) is 5.92 Å². The van der Waals surface area contributed by atoms with Gasteiger partial charge in [0.2, 0.25) is 5.91 Å². The summed E-state index contributed by atoms with van der Waals surface area (Å²) in [6.07, 6.45) is 6.67. The Morgan fingerprint density at radius 3 is 2.67 bits per heavy atom. The third kappa shape index (κ3) is 4.32. The summed E-state index contributed by atoms with van der Waals surface area (Å²) in [5.41, 5.74) is 3.16. The van der Waals surface area contributed by atoms with E-state index in [1.165, 1.54) is 10.9 Å². The van der Waals surface area contributed by atoms with Crippen molar-refractivity contribution < 1.29 is 4.79 Å². The van der Waals surface area contributed by atoms with Gasteiger partial charge in [-0.2, -0.15) is 0 Å². The highest BCUT2D eigenvalue weighted by molar-refractivity contribution is 5.83. The van der Waals surface area contributed by atoms with Gasteiger partial charge >= 0.3 is 0 Å². The molecule has 1 aliphatic carbocycles. The van der Waals surface area contributed by atoms with Gasteiger partial charge in [0.1, 0.15) is 11.6 Å². The zero-order chi connectivity index (χ0) is 21.1. The minimum atomic E-state index is -0.204. The van der Waals surface area contributed by atoms with Gasteiger partial charge in [0.25, 0.3) is 0 Å². The molecule has 6 heteroatoms. The van der Waals surface area contributed by atoms with Gasteiger partial charge in [0, 0.05) is 48.5 Å². The van der Waals surface area contributed by atoms with Crippen LogP contribution in [-0.2, 0) is 11.2 Å². The van der Waals surface area contributed by atoms with Crippen molar-refractivity contribution in [2.24, 2.45) is 5.92 Å². The van der Waals surface area contributed by atoms with E-state index in [9.17, 15) is 4.79 Å². The number of hydrogen-bond donors (Lipinski definition) is 3. The Kier molecular flexibility index (Phi) is 6.02. The van der Waals surface area contributed by atoms with Crippen molar-refractivity contribution in [2.45, 2.75) is 57.9 Å². The smallest absolute Gasteiger partial charge is 0.223 e. The molecule has 1 unspecified atom stereocenters. The average molecular weight is 406 g/mol. The number of para-hydroxylation sites is 1. The molecule has 2 heterocycles. The van der Waals surface area contributed by atoms with Gasteiger partial charge in [-0.05, 0) is 37.3 Å². The number of aromatic nitrogens is 3. The highest BCUT2D eigenvalue weighted by Crippen LogP contribution is 2.39. The number of rotatable bonds is 9. The van der Waals surface area contributed by atoms with Crippen LogP contribution in [0.25, 0.3) is 10.9 Å². The Morgan fingerprint density at radius 2 is 1.97 bits per heavy atom. The average Bonchev–Trinajstić information content (AvgIpc) is 3.55. The first kappa shape index (κ1) is 20.4. The minimum absolute atomic E-state index is 0.0176. The fourth-order valence-corrected chi connectivity index (χ4v) is 4.01. The summed E-state index contributed by atoms with van der Waals surface area (Å²) >= 11 is 0. The summed E-state index contributed by atoms with van der Waals surface area (Å²) in [4.78, 5) is 25.9. The predicted octanol–water partition coefficient (Wildman–Crippen LogP) is 4.71. The second-order valence-electron chi connectivity index (χ2n) is 8.20. The van der Waals surface area contributed by atoms with Crippen LogP contribution in [0.3, 0.4) is 0 Å². The molecule has 0 saturated heterocycles. The van der Waals surface area contributed by atoms with Crippen LogP contribution in [0.2, 0.25) is 0 Å². The number of hydrogen-bond acceptors (Lipinski definition) is 4.